The third kappa shape index (κ3) is 2.76. The number of nitrogens with zero attached hydrogens (tertiary/aromatic N) is 4. The molecule has 6 heteroatoms. The minimum Gasteiger partial charge on any atom is -0.366 e. The summed E-state index contributed by atoms with van der Waals surface area (Å²) < 4.78 is 0. The monoisotopic (exact) mass is 245 g/mol. The summed E-state index contributed by atoms with van der Waals surface area (Å²) in [5.41, 5.74) is 5.46. The molecule has 0 spiro atoms. The van der Waals surface area contributed by atoms with Crippen molar-refractivity contribution in [2.24, 2.45) is 5.73 Å². The van der Waals surface area contributed by atoms with E-state index in [1.165, 1.54) is 12.4 Å². The van der Waals surface area contributed by atoms with Crippen molar-refractivity contribution in [3.05, 3.63) is 18.0 Å². The van der Waals surface area contributed by atoms with Crippen LogP contribution in [0.2, 0.25) is 0 Å². The number of amides is 1. The maximum absolute atomic E-state index is 10.9. The Hall–Kier alpha value is -2.13. The fraction of sp³-hybridized carbons (Fsp3) is 0.417. The van der Waals surface area contributed by atoms with Crippen molar-refractivity contribution in [1.82, 2.24) is 14.9 Å². The van der Waals surface area contributed by atoms with Crippen LogP contribution in [0.15, 0.2) is 12.4 Å². The lowest BCUT2D eigenvalue weighted by molar-refractivity contribution is 0.0999. The minimum atomic E-state index is -0.514. The molecule has 0 aliphatic carbocycles. The molecule has 1 aliphatic rings. The number of nitrogens with two attached hydrogens (primary N) is 1. The number of piperazine rings is 1. The van der Waals surface area contributed by atoms with Crippen molar-refractivity contribution < 1.29 is 4.79 Å². The van der Waals surface area contributed by atoms with Gasteiger partial charge in [-0.15, -0.1) is 6.42 Å². The zero-order chi connectivity index (χ0) is 13.0. The summed E-state index contributed by atoms with van der Waals surface area (Å²) in [7, 11) is 0. The fourth-order valence-electron chi connectivity index (χ4n) is 1.85. The Morgan fingerprint density at radius 2 is 1.94 bits per heavy atom. The lowest BCUT2D eigenvalue weighted by Crippen LogP contribution is -2.47. The van der Waals surface area contributed by atoms with Crippen LogP contribution in [0.25, 0.3) is 0 Å². The number of carbonyl (C=O) groups excluding carboxylic acids is 1. The summed E-state index contributed by atoms with van der Waals surface area (Å²) in [6.07, 6.45) is 8.19. The van der Waals surface area contributed by atoms with E-state index in [1.807, 2.05) is 0 Å². The van der Waals surface area contributed by atoms with Crippen molar-refractivity contribution in [3.8, 4) is 12.3 Å². The van der Waals surface area contributed by atoms with Crippen LogP contribution in [0.5, 0.6) is 0 Å². The second-order valence-corrected chi connectivity index (χ2v) is 4.10. The molecule has 18 heavy (non-hydrogen) atoms. The van der Waals surface area contributed by atoms with Gasteiger partial charge in [-0.2, -0.15) is 0 Å². The third-order valence-corrected chi connectivity index (χ3v) is 2.89. The molecule has 6 nitrogen and oxygen atoms in total. The lowest BCUT2D eigenvalue weighted by Gasteiger charge is -2.33. The van der Waals surface area contributed by atoms with E-state index in [0.29, 0.717) is 18.1 Å². The normalized spacial score (nSPS) is 16.3. The highest BCUT2D eigenvalue weighted by molar-refractivity contribution is 5.92. The number of hydrogen-bond donors (Lipinski definition) is 1. The topological polar surface area (TPSA) is 75.3 Å². The Balaban J connectivity index is 1.97. The van der Waals surface area contributed by atoms with E-state index in [4.69, 9.17) is 12.2 Å². The van der Waals surface area contributed by atoms with Crippen LogP contribution >= 0.6 is 0 Å². The van der Waals surface area contributed by atoms with E-state index in [-0.39, 0.29) is 0 Å². The molecule has 0 bridgehead atoms. The quantitative estimate of drug-likeness (QED) is 0.715. The molecule has 1 fully saturated rings. The molecular weight excluding hydrogens is 230 g/mol. The number of anilines is 1. The van der Waals surface area contributed by atoms with Crippen LogP contribution < -0.4 is 10.6 Å². The molecule has 2 heterocycles. The largest absolute Gasteiger partial charge is 0.366 e. The minimum absolute atomic E-state index is 0.324. The molecule has 1 aromatic rings. The first kappa shape index (κ1) is 12.3. The molecule has 1 amide bonds. The molecule has 0 radical (unpaired) electrons. The summed E-state index contributed by atoms with van der Waals surface area (Å²) in [4.78, 5) is 23.5. The van der Waals surface area contributed by atoms with Gasteiger partial charge >= 0.3 is 0 Å². The Bertz CT molecular complexity index is 456. The summed E-state index contributed by atoms with van der Waals surface area (Å²) >= 11 is 0. The molecule has 0 aromatic carbocycles. The second kappa shape index (κ2) is 5.47. The van der Waals surface area contributed by atoms with E-state index in [1.54, 1.807) is 0 Å². The van der Waals surface area contributed by atoms with Crippen LogP contribution in [0, 0.1) is 12.3 Å². The smallest absolute Gasteiger partial charge is 0.251 e. The van der Waals surface area contributed by atoms with E-state index in [2.05, 4.69) is 25.7 Å². The summed E-state index contributed by atoms with van der Waals surface area (Å²) in [5.74, 6) is 2.75. The Labute approximate surface area is 106 Å². The van der Waals surface area contributed by atoms with Gasteiger partial charge < -0.3 is 10.6 Å². The SMILES string of the molecule is C#CCN1CCN(c2ncc(C(N)=O)cn2)CC1. The molecule has 0 atom stereocenters. The average molecular weight is 245 g/mol. The van der Waals surface area contributed by atoms with Crippen molar-refractivity contribution in [3.63, 3.8) is 0 Å². The van der Waals surface area contributed by atoms with Crippen molar-refractivity contribution in [2.75, 3.05) is 37.6 Å². The first-order valence-corrected chi connectivity index (χ1v) is 5.73. The number of hydrogen-bond acceptors (Lipinski definition) is 5. The molecule has 0 unspecified atom stereocenters. The Morgan fingerprint density at radius 1 is 1.33 bits per heavy atom. The highest BCUT2D eigenvalue weighted by Crippen LogP contribution is 2.10. The van der Waals surface area contributed by atoms with Crippen LogP contribution in [-0.2, 0) is 0 Å². The van der Waals surface area contributed by atoms with Crippen molar-refractivity contribution >= 4 is 11.9 Å². The molecule has 1 aromatic heterocycles. The third-order valence-electron chi connectivity index (χ3n) is 2.89. The second-order valence-electron chi connectivity index (χ2n) is 4.10. The summed E-state index contributed by atoms with van der Waals surface area (Å²) in [5, 5.41) is 0. The fourth-order valence-corrected chi connectivity index (χ4v) is 1.85. The maximum Gasteiger partial charge on any atom is 0.251 e. The lowest BCUT2D eigenvalue weighted by atomic mass is 10.3. The summed E-state index contributed by atoms with van der Waals surface area (Å²) in [6, 6.07) is 0. The van der Waals surface area contributed by atoms with E-state index < -0.39 is 5.91 Å². The predicted molar refractivity (Wildman–Crippen MR) is 68.0 cm³/mol. The molecule has 2 rings (SSSR count). The van der Waals surface area contributed by atoms with Gasteiger partial charge in [0, 0.05) is 38.6 Å². The van der Waals surface area contributed by atoms with Crippen molar-refractivity contribution in [1.29, 1.82) is 0 Å². The zero-order valence-electron chi connectivity index (χ0n) is 10.0. The summed E-state index contributed by atoms with van der Waals surface area (Å²) in [6.45, 7) is 4.13. The van der Waals surface area contributed by atoms with Crippen molar-refractivity contribution in [2.45, 2.75) is 0 Å². The van der Waals surface area contributed by atoms with Gasteiger partial charge in [-0.25, -0.2) is 9.97 Å². The Kier molecular flexibility index (Phi) is 3.75. The maximum atomic E-state index is 10.9. The molecule has 94 valence electrons. The zero-order valence-corrected chi connectivity index (χ0v) is 10.0. The average Bonchev–Trinajstić information content (AvgIpc) is 2.40. The number of carbonyl (C=O) groups is 1. The molecule has 1 saturated heterocycles. The number of primary amides is 1. The van der Waals surface area contributed by atoms with E-state index in [0.717, 1.165) is 26.2 Å². The first-order valence-electron chi connectivity index (χ1n) is 5.73. The first-order chi connectivity index (χ1) is 8.70. The number of aromatic nitrogens is 2. The van der Waals surface area contributed by atoms with Gasteiger partial charge in [-0.3, -0.25) is 9.69 Å². The van der Waals surface area contributed by atoms with Crippen LogP contribution in [0.1, 0.15) is 10.4 Å². The van der Waals surface area contributed by atoms with Gasteiger partial charge in [0.25, 0.3) is 5.91 Å². The van der Waals surface area contributed by atoms with Gasteiger partial charge in [0.1, 0.15) is 0 Å². The molecular formula is C12H15N5O. The molecule has 2 N–H and O–H groups in total. The predicted octanol–water partition coefficient (Wildman–Crippen LogP) is -0.669. The van der Waals surface area contributed by atoms with Gasteiger partial charge in [-0.05, 0) is 0 Å². The number of rotatable bonds is 3. The van der Waals surface area contributed by atoms with Gasteiger partial charge in [-0.1, -0.05) is 5.92 Å². The molecule has 1 aliphatic heterocycles. The highest BCUT2D eigenvalue weighted by Gasteiger charge is 2.18. The van der Waals surface area contributed by atoms with Gasteiger partial charge in [0.05, 0.1) is 12.1 Å². The van der Waals surface area contributed by atoms with Gasteiger partial charge in [0.15, 0.2) is 0 Å². The Morgan fingerprint density at radius 3 is 2.44 bits per heavy atom. The number of terminal acetylenes is 1. The molecule has 0 saturated carbocycles. The van der Waals surface area contributed by atoms with Crippen LogP contribution in [0.3, 0.4) is 0 Å². The van der Waals surface area contributed by atoms with Gasteiger partial charge in [0.2, 0.25) is 5.95 Å². The van der Waals surface area contributed by atoms with E-state index >= 15 is 0 Å². The standard InChI is InChI=1S/C12H15N5O/c1-2-3-16-4-6-17(7-5-16)12-14-8-10(9-15-12)11(13)18/h1,8-9H,3-7H2,(H2,13,18). The van der Waals surface area contributed by atoms with Crippen LogP contribution in [0.4, 0.5) is 5.95 Å². The van der Waals surface area contributed by atoms with Crippen LogP contribution in [-0.4, -0.2) is 53.5 Å². The van der Waals surface area contributed by atoms with E-state index in [9.17, 15) is 4.79 Å². The highest BCUT2D eigenvalue weighted by atomic mass is 16.1.